The quantitative estimate of drug-likeness (QED) is 0.326. The highest BCUT2D eigenvalue weighted by molar-refractivity contribution is 6.42. The minimum absolute atomic E-state index is 0.0200. The Bertz CT molecular complexity index is 1330. The normalized spacial score (nSPS) is 16.2. The lowest BCUT2D eigenvalue weighted by Gasteiger charge is -2.36. The highest BCUT2D eigenvalue weighted by Crippen LogP contribution is 2.36. The van der Waals surface area contributed by atoms with Crippen molar-refractivity contribution in [2.45, 2.75) is 18.6 Å². The molecule has 0 aliphatic carbocycles. The Kier molecular flexibility index (Phi) is 7.52. The van der Waals surface area contributed by atoms with Crippen LogP contribution in [0.4, 0.5) is 8.78 Å². The topological polar surface area (TPSA) is 97.3 Å². The number of ether oxygens (including phenoxy) is 3. The summed E-state index contributed by atoms with van der Waals surface area (Å²) in [5.74, 6) is -2.03. The van der Waals surface area contributed by atoms with Crippen LogP contribution in [0, 0.1) is 11.6 Å². The van der Waals surface area contributed by atoms with Gasteiger partial charge in [-0.05, 0) is 73.6 Å². The SMILES string of the molecule is O=C(NC(CN1CCC1)C(O)c1cc(F)c2c(c1)OCCO2)C(=O)c1cccc(Oc2ccc(F)cc2)c1. The van der Waals surface area contributed by atoms with Gasteiger partial charge in [0.05, 0.1) is 6.04 Å². The van der Waals surface area contributed by atoms with Crippen molar-refractivity contribution in [2.24, 2.45) is 0 Å². The average molecular weight is 525 g/mol. The minimum Gasteiger partial charge on any atom is -0.486 e. The van der Waals surface area contributed by atoms with E-state index in [1.165, 1.54) is 42.5 Å². The molecular weight excluding hydrogens is 498 g/mol. The van der Waals surface area contributed by atoms with Gasteiger partial charge in [-0.1, -0.05) is 12.1 Å². The highest BCUT2D eigenvalue weighted by atomic mass is 19.1. The summed E-state index contributed by atoms with van der Waals surface area (Å²) < 4.78 is 44.2. The number of nitrogens with one attached hydrogen (secondary N) is 1. The second-order valence-electron chi connectivity index (χ2n) is 9.12. The minimum atomic E-state index is -1.31. The number of aliphatic hydroxyl groups is 1. The van der Waals surface area contributed by atoms with Gasteiger partial charge in [0.15, 0.2) is 17.3 Å². The lowest BCUT2D eigenvalue weighted by atomic mass is 9.99. The molecule has 10 heteroatoms. The second-order valence-corrected chi connectivity index (χ2v) is 9.12. The van der Waals surface area contributed by atoms with E-state index in [1.54, 1.807) is 12.1 Å². The maximum Gasteiger partial charge on any atom is 0.292 e. The fourth-order valence-electron chi connectivity index (χ4n) is 4.31. The fraction of sp³-hybridized carbons (Fsp3) is 0.286. The molecule has 3 aromatic carbocycles. The molecule has 0 bridgehead atoms. The second kappa shape index (κ2) is 11.2. The summed E-state index contributed by atoms with van der Waals surface area (Å²) in [7, 11) is 0. The number of ketones is 1. The van der Waals surface area contributed by atoms with E-state index in [0.717, 1.165) is 25.6 Å². The van der Waals surface area contributed by atoms with Crippen molar-refractivity contribution >= 4 is 11.7 Å². The number of aliphatic hydroxyl groups excluding tert-OH is 1. The Morgan fingerprint density at radius 1 is 1.00 bits per heavy atom. The first-order valence-corrected chi connectivity index (χ1v) is 12.3. The zero-order valence-electron chi connectivity index (χ0n) is 20.4. The van der Waals surface area contributed by atoms with Crippen molar-refractivity contribution in [2.75, 3.05) is 32.8 Å². The summed E-state index contributed by atoms with van der Waals surface area (Å²) in [6, 6.07) is 13.1. The third-order valence-electron chi connectivity index (χ3n) is 6.41. The van der Waals surface area contributed by atoms with Gasteiger partial charge in [-0.3, -0.25) is 9.59 Å². The summed E-state index contributed by atoms with van der Waals surface area (Å²) in [5, 5.41) is 13.8. The number of nitrogens with zero attached hydrogens (tertiary/aromatic N) is 1. The number of halogens is 2. The third-order valence-corrected chi connectivity index (χ3v) is 6.41. The van der Waals surface area contributed by atoms with Gasteiger partial charge in [-0.2, -0.15) is 0 Å². The fourth-order valence-corrected chi connectivity index (χ4v) is 4.31. The van der Waals surface area contributed by atoms with Crippen molar-refractivity contribution in [1.29, 1.82) is 0 Å². The molecule has 1 amide bonds. The number of likely N-dealkylation sites (tertiary alicyclic amines) is 1. The molecular formula is C28H26F2N2O6. The van der Waals surface area contributed by atoms with Gasteiger partial charge in [0.1, 0.15) is 36.6 Å². The van der Waals surface area contributed by atoms with E-state index >= 15 is 0 Å². The predicted octanol–water partition coefficient (Wildman–Crippen LogP) is 3.64. The van der Waals surface area contributed by atoms with Crippen molar-refractivity contribution in [3.63, 3.8) is 0 Å². The van der Waals surface area contributed by atoms with Gasteiger partial charge >= 0.3 is 0 Å². The van der Waals surface area contributed by atoms with Crippen LogP contribution in [-0.4, -0.2) is 60.6 Å². The molecule has 2 N–H and O–H groups in total. The molecule has 1 saturated heterocycles. The van der Waals surface area contributed by atoms with Crippen LogP contribution in [0.2, 0.25) is 0 Å². The first-order valence-electron chi connectivity index (χ1n) is 12.3. The molecule has 8 nitrogen and oxygen atoms in total. The summed E-state index contributed by atoms with van der Waals surface area (Å²) in [6.07, 6.45) is -0.333. The Balaban J connectivity index is 1.32. The van der Waals surface area contributed by atoms with Crippen LogP contribution in [-0.2, 0) is 4.79 Å². The van der Waals surface area contributed by atoms with Crippen molar-refractivity contribution < 1.29 is 37.7 Å². The number of hydrogen-bond donors (Lipinski definition) is 2. The zero-order chi connectivity index (χ0) is 26.6. The molecule has 1 fully saturated rings. The van der Waals surface area contributed by atoms with Gasteiger partial charge in [0, 0.05) is 12.1 Å². The monoisotopic (exact) mass is 524 g/mol. The van der Waals surface area contributed by atoms with Crippen molar-refractivity contribution in [3.8, 4) is 23.0 Å². The number of carbonyl (C=O) groups is 2. The Morgan fingerprint density at radius 3 is 2.50 bits per heavy atom. The molecule has 2 heterocycles. The van der Waals surface area contributed by atoms with Gasteiger partial charge < -0.3 is 29.5 Å². The van der Waals surface area contributed by atoms with Crippen molar-refractivity contribution in [1.82, 2.24) is 10.2 Å². The summed E-state index contributed by atoms with van der Waals surface area (Å²) in [4.78, 5) is 28.0. The molecule has 2 unspecified atom stereocenters. The number of benzene rings is 3. The molecule has 198 valence electrons. The van der Waals surface area contributed by atoms with E-state index < -0.39 is 35.5 Å². The summed E-state index contributed by atoms with van der Waals surface area (Å²) >= 11 is 0. The average Bonchev–Trinajstić information content (AvgIpc) is 2.90. The molecule has 2 aliphatic heterocycles. The molecule has 5 rings (SSSR count). The first-order chi connectivity index (χ1) is 18.4. The number of amides is 1. The van der Waals surface area contributed by atoms with E-state index in [4.69, 9.17) is 14.2 Å². The standard InChI is InChI=1S/C28H26F2N2O6/c29-19-5-7-20(8-6-19)38-21-4-1-3-17(13-21)26(34)28(35)31-23(16-32-9-2-10-32)25(33)18-14-22(30)27-24(15-18)36-11-12-37-27/h1,3-8,13-15,23,25,33H,2,9-12,16H2,(H,31,35). The molecule has 3 aromatic rings. The van der Waals surface area contributed by atoms with E-state index in [1.807, 2.05) is 4.90 Å². The van der Waals surface area contributed by atoms with Crippen LogP contribution in [0.5, 0.6) is 23.0 Å². The predicted molar refractivity (Wildman–Crippen MR) is 133 cm³/mol. The number of carbonyl (C=O) groups excluding carboxylic acids is 2. The molecule has 38 heavy (non-hydrogen) atoms. The van der Waals surface area contributed by atoms with Gasteiger partial charge in [-0.15, -0.1) is 0 Å². The Hall–Kier alpha value is -4.02. The van der Waals surface area contributed by atoms with Crippen LogP contribution in [0.1, 0.15) is 28.4 Å². The van der Waals surface area contributed by atoms with Crippen LogP contribution in [0.3, 0.4) is 0 Å². The van der Waals surface area contributed by atoms with Gasteiger partial charge in [-0.25, -0.2) is 8.78 Å². The maximum atomic E-state index is 14.6. The molecule has 2 atom stereocenters. The van der Waals surface area contributed by atoms with Crippen LogP contribution < -0.4 is 19.5 Å². The summed E-state index contributed by atoms with van der Waals surface area (Å²) in [5.41, 5.74) is 0.268. The molecule has 0 aromatic heterocycles. The molecule has 0 radical (unpaired) electrons. The lowest BCUT2D eigenvalue weighted by molar-refractivity contribution is -0.118. The third kappa shape index (κ3) is 5.76. The van der Waals surface area contributed by atoms with E-state index in [-0.39, 0.29) is 42.4 Å². The van der Waals surface area contributed by atoms with Crippen LogP contribution in [0.15, 0.2) is 60.7 Å². The lowest BCUT2D eigenvalue weighted by Crippen LogP contribution is -2.52. The van der Waals surface area contributed by atoms with E-state index in [9.17, 15) is 23.5 Å². The van der Waals surface area contributed by atoms with E-state index in [0.29, 0.717) is 11.5 Å². The Morgan fingerprint density at radius 2 is 1.76 bits per heavy atom. The first kappa shape index (κ1) is 25.6. The number of Topliss-reactive ketones (excluding diaryl/α,β-unsaturated/α-hetero) is 1. The zero-order valence-corrected chi connectivity index (χ0v) is 20.4. The summed E-state index contributed by atoms with van der Waals surface area (Å²) in [6.45, 7) is 2.30. The van der Waals surface area contributed by atoms with Crippen LogP contribution >= 0.6 is 0 Å². The number of hydrogen-bond acceptors (Lipinski definition) is 7. The van der Waals surface area contributed by atoms with Crippen molar-refractivity contribution in [3.05, 3.63) is 83.4 Å². The molecule has 2 aliphatic rings. The highest BCUT2D eigenvalue weighted by Gasteiger charge is 2.31. The number of rotatable bonds is 9. The van der Waals surface area contributed by atoms with Gasteiger partial charge in [0.25, 0.3) is 5.91 Å². The molecule has 0 spiro atoms. The van der Waals surface area contributed by atoms with Gasteiger partial charge in [0.2, 0.25) is 5.78 Å². The number of fused-ring (bicyclic) bond motifs is 1. The smallest absolute Gasteiger partial charge is 0.292 e. The Labute approximate surface area is 217 Å². The van der Waals surface area contributed by atoms with Crippen LogP contribution in [0.25, 0.3) is 0 Å². The largest absolute Gasteiger partial charge is 0.486 e. The molecule has 0 saturated carbocycles. The maximum absolute atomic E-state index is 14.6. The van der Waals surface area contributed by atoms with E-state index in [2.05, 4.69) is 5.32 Å².